The predicted molar refractivity (Wildman–Crippen MR) is 63.2 cm³/mol. The summed E-state index contributed by atoms with van der Waals surface area (Å²) in [5.74, 6) is 0.0271. The van der Waals surface area contributed by atoms with Gasteiger partial charge < -0.3 is 9.84 Å². The third-order valence-electron chi connectivity index (χ3n) is 3.48. The molecule has 0 bridgehead atoms. The van der Waals surface area contributed by atoms with Crippen molar-refractivity contribution in [3.8, 4) is 0 Å². The van der Waals surface area contributed by atoms with Crippen LogP contribution in [-0.4, -0.2) is 44.3 Å². The maximum Gasteiger partial charge on any atom is 0.147 e. The van der Waals surface area contributed by atoms with Crippen LogP contribution in [0.4, 0.5) is 0 Å². The Balaban J connectivity index is 2.58. The largest absolute Gasteiger partial charge is 0.390 e. The van der Waals surface area contributed by atoms with Crippen molar-refractivity contribution in [3.63, 3.8) is 0 Å². The lowest BCUT2D eigenvalue weighted by Crippen LogP contribution is -2.46. The number of ether oxygens (including phenoxy) is 1. The van der Waals surface area contributed by atoms with E-state index in [1.807, 2.05) is 0 Å². The van der Waals surface area contributed by atoms with Crippen LogP contribution in [0.1, 0.15) is 38.5 Å². The molecule has 0 saturated heterocycles. The Morgan fingerprint density at radius 3 is 2.31 bits per heavy atom. The highest BCUT2D eigenvalue weighted by Crippen LogP contribution is 2.35. The second-order valence-corrected chi connectivity index (χ2v) is 7.02. The summed E-state index contributed by atoms with van der Waals surface area (Å²) in [6.07, 6.45) is 5.71. The van der Waals surface area contributed by atoms with E-state index < -0.39 is 21.5 Å². The summed E-state index contributed by atoms with van der Waals surface area (Å²) in [4.78, 5) is 0. The van der Waals surface area contributed by atoms with Crippen molar-refractivity contribution in [2.75, 3.05) is 19.1 Å². The smallest absolute Gasteiger partial charge is 0.147 e. The second-order valence-electron chi connectivity index (χ2n) is 4.76. The molecule has 1 aliphatic rings. The first-order valence-corrected chi connectivity index (χ1v) is 7.87. The van der Waals surface area contributed by atoms with E-state index in [1.54, 1.807) is 7.11 Å². The molecule has 1 aliphatic carbocycles. The molecule has 1 fully saturated rings. The fourth-order valence-electron chi connectivity index (χ4n) is 2.41. The van der Waals surface area contributed by atoms with Crippen LogP contribution in [0.5, 0.6) is 0 Å². The van der Waals surface area contributed by atoms with Crippen molar-refractivity contribution in [2.45, 2.75) is 50.2 Å². The maximum atomic E-state index is 11.1. The summed E-state index contributed by atoms with van der Waals surface area (Å²) >= 11 is 0. The van der Waals surface area contributed by atoms with Crippen molar-refractivity contribution >= 4 is 9.84 Å². The number of aliphatic hydroxyl groups is 1. The third-order valence-corrected chi connectivity index (χ3v) is 4.45. The van der Waals surface area contributed by atoms with E-state index in [9.17, 15) is 13.5 Å². The van der Waals surface area contributed by atoms with Crippen LogP contribution in [0.25, 0.3) is 0 Å². The van der Waals surface area contributed by atoms with Crippen LogP contribution < -0.4 is 0 Å². The second kappa shape index (κ2) is 5.47. The minimum absolute atomic E-state index is 0.0271. The Hall–Kier alpha value is -0.130. The van der Waals surface area contributed by atoms with Crippen LogP contribution in [0.3, 0.4) is 0 Å². The zero-order valence-electron chi connectivity index (χ0n) is 10.1. The molecule has 0 radical (unpaired) electrons. The van der Waals surface area contributed by atoms with Crippen LogP contribution in [0.15, 0.2) is 0 Å². The van der Waals surface area contributed by atoms with Gasteiger partial charge in [-0.15, -0.1) is 0 Å². The van der Waals surface area contributed by atoms with E-state index in [2.05, 4.69) is 0 Å². The molecule has 4 nitrogen and oxygen atoms in total. The van der Waals surface area contributed by atoms with E-state index in [1.165, 1.54) is 12.7 Å². The fraction of sp³-hybridized carbons (Fsp3) is 1.00. The average molecular weight is 250 g/mol. The summed E-state index contributed by atoms with van der Waals surface area (Å²) in [6.45, 7) is 0. The van der Waals surface area contributed by atoms with Crippen LogP contribution in [-0.2, 0) is 14.6 Å². The van der Waals surface area contributed by atoms with E-state index in [0.29, 0.717) is 0 Å². The van der Waals surface area contributed by atoms with Gasteiger partial charge in [-0.05, 0) is 19.3 Å². The van der Waals surface area contributed by atoms with E-state index >= 15 is 0 Å². The van der Waals surface area contributed by atoms with E-state index in [4.69, 9.17) is 4.74 Å². The number of sulfone groups is 1. The Labute approximate surface area is 97.9 Å². The first kappa shape index (κ1) is 13.9. The quantitative estimate of drug-likeness (QED) is 0.794. The standard InChI is InChI=1S/C11H22O4S/c1-15-11(7-4-3-5-8-11)10(12)6-9-16(2,13)14/h10,12H,3-9H2,1-2H3. The molecule has 1 rings (SSSR count). The minimum atomic E-state index is -3.01. The molecule has 1 N–H and O–H groups in total. The molecule has 0 aromatic heterocycles. The highest BCUT2D eigenvalue weighted by molar-refractivity contribution is 7.90. The lowest BCUT2D eigenvalue weighted by molar-refractivity contribution is -0.123. The Bertz CT molecular complexity index is 304. The topological polar surface area (TPSA) is 63.6 Å². The molecule has 0 heterocycles. The normalized spacial score (nSPS) is 22.9. The first-order valence-electron chi connectivity index (χ1n) is 5.80. The fourth-order valence-corrected chi connectivity index (χ4v) is 3.06. The monoisotopic (exact) mass is 250 g/mol. The number of rotatable bonds is 5. The van der Waals surface area contributed by atoms with Gasteiger partial charge in [-0.2, -0.15) is 0 Å². The highest BCUT2D eigenvalue weighted by Gasteiger charge is 2.39. The van der Waals surface area contributed by atoms with Gasteiger partial charge in [-0.1, -0.05) is 19.3 Å². The van der Waals surface area contributed by atoms with Crippen molar-refractivity contribution in [2.24, 2.45) is 0 Å². The minimum Gasteiger partial charge on any atom is -0.390 e. The number of methoxy groups -OCH3 is 1. The van der Waals surface area contributed by atoms with Gasteiger partial charge in [0.15, 0.2) is 0 Å². The molecule has 0 spiro atoms. The number of hydrogen-bond acceptors (Lipinski definition) is 4. The molecular formula is C11H22O4S. The third kappa shape index (κ3) is 3.71. The van der Waals surface area contributed by atoms with Gasteiger partial charge in [0.05, 0.1) is 17.5 Å². The van der Waals surface area contributed by atoms with Gasteiger partial charge in [0.2, 0.25) is 0 Å². The predicted octanol–water partition coefficient (Wildman–Crippen LogP) is 1.13. The van der Waals surface area contributed by atoms with Gasteiger partial charge in [-0.3, -0.25) is 0 Å². The van der Waals surface area contributed by atoms with E-state index in [0.717, 1.165) is 25.7 Å². The highest BCUT2D eigenvalue weighted by atomic mass is 32.2. The molecule has 0 aromatic carbocycles. The molecule has 16 heavy (non-hydrogen) atoms. The van der Waals surface area contributed by atoms with Gasteiger partial charge >= 0.3 is 0 Å². The van der Waals surface area contributed by atoms with Gasteiger partial charge in [-0.25, -0.2) is 8.42 Å². The number of hydrogen-bond donors (Lipinski definition) is 1. The molecule has 1 saturated carbocycles. The van der Waals surface area contributed by atoms with Gasteiger partial charge in [0, 0.05) is 13.4 Å². The molecule has 0 aliphatic heterocycles. The van der Waals surface area contributed by atoms with Gasteiger partial charge in [0.1, 0.15) is 9.84 Å². The number of aliphatic hydroxyl groups excluding tert-OH is 1. The molecule has 96 valence electrons. The average Bonchev–Trinajstić information content (AvgIpc) is 2.25. The van der Waals surface area contributed by atoms with Gasteiger partial charge in [0.25, 0.3) is 0 Å². The summed E-state index contributed by atoms with van der Waals surface area (Å²) in [7, 11) is -1.40. The van der Waals surface area contributed by atoms with E-state index in [-0.39, 0.29) is 12.2 Å². The summed E-state index contributed by atoms with van der Waals surface area (Å²) < 4.78 is 27.6. The first-order chi connectivity index (χ1) is 7.40. The molecule has 1 unspecified atom stereocenters. The summed E-state index contributed by atoms with van der Waals surface area (Å²) in [6, 6.07) is 0. The molecular weight excluding hydrogens is 228 g/mol. The summed E-state index contributed by atoms with van der Waals surface area (Å²) in [5, 5.41) is 10.1. The van der Waals surface area contributed by atoms with Crippen LogP contribution in [0, 0.1) is 0 Å². The zero-order chi connectivity index (χ0) is 12.2. The molecule has 0 aromatic rings. The molecule has 1 atom stereocenters. The Morgan fingerprint density at radius 1 is 1.31 bits per heavy atom. The Kier molecular flexibility index (Phi) is 4.76. The maximum absolute atomic E-state index is 11.1. The van der Waals surface area contributed by atoms with Crippen LogP contribution >= 0.6 is 0 Å². The van der Waals surface area contributed by atoms with Crippen molar-refractivity contribution in [3.05, 3.63) is 0 Å². The SMILES string of the molecule is COC1(C(O)CCS(C)(=O)=O)CCCCC1. The molecule has 5 heteroatoms. The lowest BCUT2D eigenvalue weighted by atomic mass is 9.79. The molecule has 0 amide bonds. The summed E-state index contributed by atoms with van der Waals surface area (Å²) in [5.41, 5.74) is -0.511. The van der Waals surface area contributed by atoms with Crippen molar-refractivity contribution < 1.29 is 18.3 Å². The Morgan fingerprint density at radius 2 is 1.88 bits per heavy atom. The van der Waals surface area contributed by atoms with Crippen molar-refractivity contribution in [1.29, 1.82) is 0 Å². The lowest BCUT2D eigenvalue weighted by Gasteiger charge is -2.39. The zero-order valence-corrected chi connectivity index (χ0v) is 10.9. The van der Waals surface area contributed by atoms with Crippen molar-refractivity contribution in [1.82, 2.24) is 0 Å². The van der Waals surface area contributed by atoms with Crippen LogP contribution in [0.2, 0.25) is 0 Å².